The first kappa shape index (κ1) is 16.9. The summed E-state index contributed by atoms with van der Waals surface area (Å²) < 4.78 is 15.6. The molecule has 4 rings (SSSR count). The average Bonchev–Trinajstić information content (AvgIpc) is 3.03. The minimum Gasteiger partial charge on any atom is -0.348 e. The highest BCUT2D eigenvalue weighted by Crippen LogP contribution is 2.36. The van der Waals surface area contributed by atoms with Gasteiger partial charge < -0.3 is 5.32 Å². The highest BCUT2D eigenvalue weighted by molar-refractivity contribution is 8.01. The zero-order valence-electron chi connectivity index (χ0n) is 13.2. The quantitative estimate of drug-likeness (QED) is 0.645. The number of halogens is 1. The second kappa shape index (κ2) is 7.35. The first-order valence-electron chi connectivity index (χ1n) is 7.89. The van der Waals surface area contributed by atoms with Gasteiger partial charge in [-0.2, -0.15) is 0 Å². The van der Waals surface area contributed by atoms with E-state index in [1.54, 1.807) is 29.2 Å². The van der Waals surface area contributed by atoms with Gasteiger partial charge in [0.2, 0.25) is 5.91 Å². The number of hydrogen-bond acceptors (Lipinski definition) is 5. The minimum absolute atomic E-state index is 0.0450. The summed E-state index contributed by atoms with van der Waals surface area (Å²) in [5.41, 5.74) is 1.85. The number of carbonyl (C=O) groups excluding carboxylic acids is 1. The Morgan fingerprint density at radius 2 is 2.20 bits per heavy atom. The van der Waals surface area contributed by atoms with E-state index < -0.39 is 0 Å². The standard InChI is InChI=1S/C18H15FN2OS3/c19-11-5-6-15-12(9-11)13(7-8-23-15)20-17(22)10-24-18-21-14-3-1-2-4-16(14)25-18/h1-6,9,13H,7-8,10H2,(H,20,22)/t13-/m1/s1. The molecular formula is C18H15FN2OS3. The molecule has 7 heteroatoms. The summed E-state index contributed by atoms with van der Waals surface area (Å²) in [6.45, 7) is 0. The highest BCUT2D eigenvalue weighted by Gasteiger charge is 2.23. The van der Waals surface area contributed by atoms with Gasteiger partial charge in [0, 0.05) is 10.6 Å². The molecule has 1 aliphatic heterocycles. The number of amides is 1. The van der Waals surface area contributed by atoms with Crippen molar-refractivity contribution in [3.05, 3.63) is 53.8 Å². The number of benzene rings is 2. The molecule has 128 valence electrons. The van der Waals surface area contributed by atoms with E-state index in [0.717, 1.165) is 37.2 Å². The maximum Gasteiger partial charge on any atom is 0.230 e. The lowest BCUT2D eigenvalue weighted by atomic mass is 10.0. The van der Waals surface area contributed by atoms with Crippen molar-refractivity contribution in [1.82, 2.24) is 10.3 Å². The molecule has 2 heterocycles. The van der Waals surface area contributed by atoms with Crippen LogP contribution in [0.1, 0.15) is 18.0 Å². The van der Waals surface area contributed by atoms with E-state index >= 15 is 0 Å². The normalized spacial score (nSPS) is 16.6. The van der Waals surface area contributed by atoms with Gasteiger partial charge in [-0.25, -0.2) is 9.37 Å². The minimum atomic E-state index is -0.260. The second-order valence-corrected chi connectivity index (χ2v) is 9.07. The Kier molecular flexibility index (Phi) is 4.96. The molecule has 0 fully saturated rings. The van der Waals surface area contributed by atoms with E-state index in [4.69, 9.17) is 0 Å². The molecule has 25 heavy (non-hydrogen) atoms. The predicted octanol–water partition coefficient (Wildman–Crippen LogP) is 4.88. The molecule has 3 nitrogen and oxygen atoms in total. The molecule has 1 atom stereocenters. The lowest BCUT2D eigenvalue weighted by Crippen LogP contribution is -2.32. The van der Waals surface area contributed by atoms with Crippen LogP contribution in [0.5, 0.6) is 0 Å². The summed E-state index contributed by atoms with van der Waals surface area (Å²) in [5.74, 6) is 0.934. The molecular weight excluding hydrogens is 375 g/mol. The van der Waals surface area contributed by atoms with Crippen LogP contribution >= 0.6 is 34.9 Å². The molecule has 1 aromatic heterocycles. The molecule has 0 bridgehead atoms. The van der Waals surface area contributed by atoms with Crippen LogP contribution in [0.15, 0.2) is 51.7 Å². The van der Waals surface area contributed by atoms with E-state index in [0.29, 0.717) is 5.75 Å². The highest BCUT2D eigenvalue weighted by atomic mass is 32.2. The molecule has 1 aliphatic rings. The summed E-state index contributed by atoms with van der Waals surface area (Å²) >= 11 is 4.75. The van der Waals surface area contributed by atoms with E-state index in [1.807, 2.05) is 24.3 Å². The maximum atomic E-state index is 13.5. The van der Waals surface area contributed by atoms with Gasteiger partial charge in [-0.3, -0.25) is 4.79 Å². The number of nitrogens with one attached hydrogen (secondary N) is 1. The molecule has 0 radical (unpaired) electrons. The maximum absolute atomic E-state index is 13.5. The van der Waals surface area contributed by atoms with Gasteiger partial charge in [-0.1, -0.05) is 23.9 Å². The van der Waals surface area contributed by atoms with Gasteiger partial charge in [-0.05, 0) is 42.3 Å². The fraction of sp³-hybridized carbons (Fsp3) is 0.222. The summed E-state index contributed by atoms with van der Waals surface area (Å²) in [5, 5.41) is 3.04. The zero-order chi connectivity index (χ0) is 17.2. The molecule has 0 aliphatic carbocycles. The van der Waals surface area contributed by atoms with E-state index in [9.17, 15) is 9.18 Å². The number of carbonyl (C=O) groups is 1. The van der Waals surface area contributed by atoms with E-state index in [-0.39, 0.29) is 17.8 Å². The van der Waals surface area contributed by atoms with Gasteiger partial charge >= 0.3 is 0 Å². The Morgan fingerprint density at radius 1 is 1.32 bits per heavy atom. The summed E-state index contributed by atoms with van der Waals surface area (Å²) in [6.07, 6.45) is 0.818. The van der Waals surface area contributed by atoms with E-state index in [1.165, 1.54) is 23.9 Å². The van der Waals surface area contributed by atoms with Gasteiger partial charge in [-0.15, -0.1) is 23.1 Å². The molecule has 3 aromatic rings. The van der Waals surface area contributed by atoms with Crippen LogP contribution in [0.25, 0.3) is 10.2 Å². The van der Waals surface area contributed by atoms with Crippen LogP contribution in [0.4, 0.5) is 4.39 Å². The Hall–Kier alpha value is -1.57. The Bertz CT molecular complexity index is 895. The third-order valence-electron chi connectivity index (χ3n) is 3.95. The van der Waals surface area contributed by atoms with Crippen LogP contribution in [0.3, 0.4) is 0 Å². The molecule has 1 N–H and O–H groups in total. The lowest BCUT2D eigenvalue weighted by molar-refractivity contribution is -0.119. The molecule has 0 spiro atoms. The number of hydrogen-bond donors (Lipinski definition) is 1. The predicted molar refractivity (Wildman–Crippen MR) is 103 cm³/mol. The lowest BCUT2D eigenvalue weighted by Gasteiger charge is -2.25. The number of thioether (sulfide) groups is 2. The third-order valence-corrected chi connectivity index (χ3v) is 7.25. The van der Waals surface area contributed by atoms with Crippen molar-refractivity contribution >= 4 is 51.0 Å². The van der Waals surface area contributed by atoms with Crippen molar-refractivity contribution in [2.24, 2.45) is 0 Å². The second-order valence-electron chi connectivity index (χ2n) is 5.68. The third kappa shape index (κ3) is 3.83. The van der Waals surface area contributed by atoms with Gasteiger partial charge in [0.05, 0.1) is 22.0 Å². The van der Waals surface area contributed by atoms with E-state index in [2.05, 4.69) is 10.3 Å². The molecule has 0 saturated heterocycles. The Labute approximate surface area is 157 Å². The van der Waals surface area contributed by atoms with Crippen molar-refractivity contribution in [3.8, 4) is 0 Å². The summed E-state index contributed by atoms with van der Waals surface area (Å²) in [7, 11) is 0. The molecule has 2 aromatic carbocycles. The summed E-state index contributed by atoms with van der Waals surface area (Å²) in [4.78, 5) is 17.9. The van der Waals surface area contributed by atoms with Crippen LogP contribution < -0.4 is 5.32 Å². The van der Waals surface area contributed by atoms with Crippen LogP contribution in [-0.4, -0.2) is 22.4 Å². The van der Waals surface area contributed by atoms with Gasteiger partial charge in [0.1, 0.15) is 5.82 Å². The first-order chi connectivity index (χ1) is 12.2. The molecule has 1 amide bonds. The SMILES string of the molecule is O=C(CSc1nc2ccccc2s1)N[C@@H]1CCSc2ccc(F)cc21. The topological polar surface area (TPSA) is 42.0 Å². The van der Waals surface area contributed by atoms with Crippen molar-refractivity contribution in [3.63, 3.8) is 0 Å². The van der Waals surface area contributed by atoms with Crippen LogP contribution in [0, 0.1) is 5.82 Å². The van der Waals surface area contributed by atoms with Gasteiger partial charge in [0.25, 0.3) is 0 Å². The Morgan fingerprint density at radius 3 is 3.08 bits per heavy atom. The van der Waals surface area contributed by atoms with Crippen molar-refractivity contribution in [1.29, 1.82) is 0 Å². The monoisotopic (exact) mass is 390 g/mol. The first-order valence-corrected chi connectivity index (χ1v) is 10.7. The number of fused-ring (bicyclic) bond motifs is 2. The number of aromatic nitrogens is 1. The fourth-order valence-electron chi connectivity index (χ4n) is 2.79. The fourth-order valence-corrected chi connectivity index (χ4v) is 5.78. The van der Waals surface area contributed by atoms with Crippen LogP contribution in [0.2, 0.25) is 0 Å². The van der Waals surface area contributed by atoms with Crippen LogP contribution in [-0.2, 0) is 4.79 Å². The molecule has 0 unspecified atom stereocenters. The molecule has 0 saturated carbocycles. The smallest absolute Gasteiger partial charge is 0.230 e. The summed E-state index contributed by atoms with van der Waals surface area (Å²) in [6, 6.07) is 12.6. The number of thiazole rings is 1. The number of nitrogens with zero attached hydrogens (tertiary/aromatic N) is 1. The zero-order valence-corrected chi connectivity index (χ0v) is 15.6. The van der Waals surface area contributed by atoms with Crippen molar-refractivity contribution in [2.45, 2.75) is 21.7 Å². The average molecular weight is 391 g/mol. The number of rotatable bonds is 4. The largest absolute Gasteiger partial charge is 0.348 e. The number of para-hydroxylation sites is 1. The van der Waals surface area contributed by atoms with Crippen molar-refractivity contribution < 1.29 is 9.18 Å². The van der Waals surface area contributed by atoms with Crippen molar-refractivity contribution in [2.75, 3.05) is 11.5 Å². The Balaban J connectivity index is 1.40. The van der Waals surface area contributed by atoms with Gasteiger partial charge in [0.15, 0.2) is 4.34 Å².